The van der Waals surface area contributed by atoms with Crippen LogP contribution >= 0.6 is 0 Å². The lowest BCUT2D eigenvalue weighted by Crippen LogP contribution is -2.04. The van der Waals surface area contributed by atoms with E-state index in [4.69, 9.17) is 4.74 Å². The Balaban J connectivity index is 2.68. The molecular formula is C10H10N6O3. The van der Waals surface area contributed by atoms with Crippen LogP contribution in [0.3, 0.4) is 0 Å². The highest BCUT2D eigenvalue weighted by Crippen LogP contribution is 2.31. The second-order valence-corrected chi connectivity index (χ2v) is 3.35. The van der Waals surface area contributed by atoms with Gasteiger partial charge in [-0.15, -0.1) is 0 Å². The summed E-state index contributed by atoms with van der Waals surface area (Å²) in [5.74, 6) is 0.402. The average molecular weight is 262 g/mol. The minimum atomic E-state index is -0.580. The van der Waals surface area contributed by atoms with Crippen molar-refractivity contribution in [1.82, 2.24) is 19.9 Å². The molecule has 1 N–H and O–H groups in total. The summed E-state index contributed by atoms with van der Waals surface area (Å²) in [6.07, 6.45) is 3.94. The van der Waals surface area contributed by atoms with Crippen molar-refractivity contribution < 1.29 is 9.66 Å². The van der Waals surface area contributed by atoms with E-state index in [9.17, 15) is 10.1 Å². The Kier molecular flexibility index (Phi) is 3.46. The number of nitro groups is 1. The van der Waals surface area contributed by atoms with Crippen LogP contribution in [-0.4, -0.2) is 39.0 Å². The van der Waals surface area contributed by atoms with Crippen LogP contribution in [0.4, 0.5) is 11.6 Å². The molecule has 0 aliphatic rings. The first-order valence-electron chi connectivity index (χ1n) is 5.22. The molecule has 0 saturated carbocycles. The molecule has 9 heteroatoms. The smallest absolute Gasteiger partial charge is 0.315 e. The summed E-state index contributed by atoms with van der Waals surface area (Å²) in [6, 6.07) is 0. The van der Waals surface area contributed by atoms with Gasteiger partial charge >= 0.3 is 5.69 Å². The van der Waals surface area contributed by atoms with E-state index >= 15 is 0 Å². The molecule has 2 rings (SSSR count). The van der Waals surface area contributed by atoms with Gasteiger partial charge in [0.05, 0.1) is 12.0 Å². The summed E-state index contributed by atoms with van der Waals surface area (Å²) < 4.78 is 5.03. The number of anilines is 1. The van der Waals surface area contributed by atoms with Gasteiger partial charge in [-0.1, -0.05) is 0 Å². The maximum absolute atomic E-state index is 11.0. The van der Waals surface area contributed by atoms with Gasteiger partial charge in [0.15, 0.2) is 11.4 Å². The molecule has 2 aromatic heterocycles. The summed E-state index contributed by atoms with van der Waals surface area (Å²) in [5.41, 5.74) is -0.0253. The van der Waals surface area contributed by atoms with Gasteiger partial charge in [0.25, 0.3) is 0 Å². The first kappa shape index (κ1) is 12.6. The lowest BCUT2D eigenvalue weighted by molar-refractivity contribution is -0.384. The van der Waals surface area contributed by atoms with Crippen molar-refractivity contribution in [3.63, 3.8) is 0 Å². The van der Waals surface area contributed by atoms with Crippen molar-refractivity contribution >= 4 is 11.6 Å². The van der Waals surface area contributed by atoms with E-state index in [1.54, 1.807) is 7.05 Å². The van der Waals surface area contributed by atoms with Gasteiger partial charge in [-0.2, -0.15) is 0 Å². The lowest BCUT2D eigenvalue weighted by atomic mass is 10.2. The molecule has 0 fully saturated rings. The number of rotatable bonds is 4. The molecule has 0 bridgehead atoms. The second-order valence-electron chi connectivity index (χ2n) is 3.35. The third kappa shape index (κ3) is 2.39. The minimum Gasteiger partial charge on any atom is -0.479 e. The van der Waals surface area contributed by atoms with Gasteiger partial charge in [-0.05, 0) is 0 Å². The molecule has 19 heavy (non-hydrogen) atoms. The van der Waals surface area contributed by atoms with Crippen LogP contribution in [0.15, 0.2) is 18.6 Å². The van der Waals surface area contributed by atoms with Crippen molar-refractivity contribution in [2.24, 2.45) is 0 Å². The van der Waals surface area contributed by atoms with Crippen LogP contribution in [0.25, 0.3) is 11.4 Å². The topological polar surface area (TPSA) is 116 Å². The monoisotopic (exact) mass is 262 g/mol. The van der Waals surface area contributed by atoms with Crippen LogP contribution in [0, 0.1) is 10.1 Å². The SMILES string of the molecule is CNc1ncc([N+](=O)[O-])c(-c2nccnc2OC)n1. The molecule has 0 unspecified atom stereocenters. The molecule has 0 aliphatic carbocycles. The standard InChI is InChI=1S/C10H10N6O3/c1-11-10-14-5-6(16(17)18)7(15-10)8-9(19-2)13-4-3-12-8/h3-5H,1-2H3,(H,11,14,15). The highest BCUT2D eigenvalue weighted by atomic mass is 16.6. The number of aromatic nitrogens is 4. The van der Waals surface area contributed by atoms with Crippen molar-refractivity contribution in [3.05, 3.63) is 28.7 Å². The zero-order valence-electron chi connectivity index (χ0n) is 10.2. The molecule has 0 aliphatic heterocycles. The Bertz CT molecular complexity index is 618. The first-order chi connectivity index (χ1) is 9.17. The molecule has 9 nitrogen and oxygen atoms in total. The fourth-order valence-corrected chi connectivity index (χ4v) is 1.44. The van der Waals surface area contributed by atoms with Gasteiger partial charge in [0.2, 0.25) is 11.8 Å². The molecule has 0 atom stereocenters. The van der Waals surface area contributed by atoms with Gasteiger partial charge in [-0.3, -0.25) is 10.1 Å². The lowest BCUT2D eigenvalue weighted by Gasteiger charge is -2.06. The predicted octanol–water partition coefficient (Wildman–Crippen LogP) is 0.892. The molecule has 0 saturated heterocycles. The summed E-state index contributed by atoms with van der Waals surface area (Å²) in [5, 5.41) is 13.7. The predicted molar refractivity (Wildman–Crippen MR) is 65.8 cm³/mol. The normalized spacial score (nSPS) is 10.0. The maximum atomic E-state index is 11.0. The third-order valence-electron chi connectivity index (χ3n) is 2.27. The molecule has 98 valence electrons. The third-order valence-corrected chi connectivity index (χ3v) is 2.27. The first-order valence-corrected chi connectivity index (χ1v) is 5.22. The number of methoxy groups -OCH3 is 1. The van der Waals surface area contributed by atoms with Crippen LogP contribution in [0.2, 0.25) is 0 Å². The number of nitrogens with zero attached hydrogens (tertiary/aromatic N) is 5. The van der Waals surface area contributed by atoms with Gasteiger partial charge < -0.3 is 10.1 Å². The summed E-state index contributed by atoms with van der Waals surface area (Å²) >= 11 is 0. The van der Waals surface area contributed by atoms with E-state index in [1.165, 1.54) is 19.5 Å². The quantitative estimate of drug-likeness (QED) is 0.637. The van der Waals surface area contributed by atoms with Crippen molar-refractivity contribution in [3.8, 4) is 17.3 Å². The largest absolute Gasteiger partial charge is 0.479 e. The summed E-state index contributed by atoms with van der Waals surface area (Å²) in [6.45, 7) is 0. The van der Waals surface area contributed by atoms with Gasteiger partial charge in [-0.25, -0.2) is 19.9 Å². The number of hydrogen-bond acceptors (Lipinski definition) is 8. The highest BCUT2D eigenvalue weighted by Gasteiger charge is 2.23. The summed E-state index contributed by atoms with van der Waals surface area (Å²) in [7, 11) is 3.01. The van der Waals surface area contributed by atoms with Crippen molar-refractivity contribution in [1.29, 1.82) is 0 Å². The Labute approximate surface area is 107 Å². The van der Waals surface area contributed by atoms with E-state index in [0.29, 0.717) is 0 Å². The molecular weight excluding hydrogens is 252 g/mol. The molecule has 2 aromatic rings. The zero-order chi connectivity index (χ0) is 13.8. The molecule has 2 heterocycles. The Morgan fingerprint density at radius 2 is 2.00 bits per heavy atom. The fourth-order valence-electron chi connectivity index (χ4n) is 1.44. The number of ether oxygens (including phenoxy) is 1. The van der Waals surface area contributed by atoms with Crippen molar-refractivity contribution in [2.45, 2.75) is 0 Å². The molecule has 0 aromatic carbocycles. The summed E-state index contributed by atoms with van der Waals surface area (Å²) in [4.78, 5) is 26.3. The van der Waals surface area contributed by atoms with E-state index in [-0.39, 0.29) is 28.9 Å². The van der Waals surface area contributed by atoms with E-state index in [1.807, 2.05) is 0 Å². The fraction of sp³-hybridized carbons (Fsp3) is 0.200. The van der Waals surface area contributed by atoms with E-state index in [2.05, 4.69) is 25.3 Å². The van der Waals surface area contributed by atoms with Gasteiger partial charge in [0, 0.05) is 19.4 Å². The number of nitrogens with one attached hydrogen (secondary N) is 1. The zero-order valence-corrected chi connectivity index (χ0v) is 10.2. The van der Waals surface area contributed by atoms with Crippen LogP contribution in [0.5, 0.6) is 5.88 Å². The van der Waals surface area contributed by atoms with Crippen molar-refractivity contribution in [2.75, 3.05) is 19.5 Å². The Morgan fingerprint density at radius 1 is 1.26 bits per heavy atom. The Hall–Kier alpha value is -2.84. The minimum absolute atomic E-state index is 0.0503. The van der Waals surface area contributed by atoms with Crippen LogP contribution in [-0.2, 0) is 0 Å². The molecule has 0 amide bonds. The Morgan fingerprint density at radius 3 is 2.63 bits per heavy atom. The maximum Gasteiger partial charge on any atom is 0.315 e. The van der Waals surface area contributed by atoms with Gasteiger partial charge in [0.1, 0.15) is 6.20 Å². The van der Waals surface area contributed by atoms with Crippen LogP contribution in [0.1, 0.15) is 0 Å². The van der Waals surface area contributed by atoms with E-state index in [0.717, 1.165) is 6.20 Å². The highest BCUT2D eigenvalue weighted by molar-refractivity contribution is 5.70. The van der Waals surface area contributed by atoms with E-state index < -0.39 is 4.92 Å². The average Bonchev–Trinajstić information content (AvgIpc) is 2.46. The van der Waals surface area contributed by atoms with Crippen LogP contribution < -0.4 is 10.1 Å². The second kappa shape index (κ2) is 5.21. The molecule has 0 radical (unpaired) electrons. The molecule has 0 spiro atoms. The number of hydrogen-bond donors (Lipinski definition) is 1.